The van der Waals surface area contributed by atoms with E-state index in [4.69, 9.17) is 14.2 Å². The molecule has 4 aromatic rings. The maximum absolute atomic E-state index is 12.6. The number of amides is 1. The number of anilines is 1. The number of ether oxygens (including phenoxy) is 3. The number of imidazole rings is 1. The molecule has 0 aliphatic rings. The van der Waals surface area contributed by atoms with Crippen LogP contribution in [0.25, 0.3) is 5.82 Å². The molecule has 0 bridgehead atoms. The zero-order chi connectivity index (χ0) is 23.4. The molecule has 0 fully saturated rings. The Morgan fingerprint density at radius 3 is 2.33 bits per heavy atom. The van der Waals surface area contributed by atoms with Crippen molar-refractivity contribution in [2.24, 2.45) is 0 Å². The molecule has 9 heteroatoms. The summed E-state index contributed by atoms with van der Waals surface area (Å²) in [7, 11) is 3.07. The van der Waals surface area contributed by atoms with E-state index in [-0.39, 0.29) is 5.91 Å². The first kappa shape index (κ1) is 21.8. The average Bonchev–Trinajstić information content (AvgIpc) is 3.18. The van der Waals surface area contributed by atoms with E-state index in [9.17, 15) is 4.79 Å². The maximum Gasteiger partial charge on any atom is 0.255 e. The Bertz CT molecular complexity index is 1280. The van der Waals surface area contributed by atoms with Crippen molar-refractivity contribution < 1.29 is 19.0 Å². The second-order valence-corrected chi connectivity index (χ2v) is 7.15. The van der Waals surface area contributed by atoms with Crippen LogP contribution in [0.3, 0.4) is 0 Å². The van der Waals surface area contributed by atoms with Gasteiger partial charge in [0.25, 0.3) is 5.91 Å². The number of hydrogen-bond acceptors (Lipinski definition) is 7. The summed E-state index contributed by atoms with van der Waals surface area (Å²) < 4.78 is 18.2. The van der Waals surface area contributed by atoms with Crippen LogP contribution in [0.4, 0.5) is 5.69 Å². The molecule has 0 aliphatic heterocycles. The van der Waals surface area contributed by atoms with E-state index in [0.29, 0.717) is 40.2 Å². The monoisotopic (exact) mass is 445 g/mol. The predicted octanol–water partition coefficient (Wildman–Crippen LogP) is 4.34. The van der Waals surface area contributed by atoms with Crippen molar-refractivity contribution in [2.75, 3.05) is 19.5 Å². The second kappa shape index (κ2) is 9.39. The smallest absolute Gasteiger partial charge is 0.255 e. The molecule has 0 atom stereocenters. The fourth-order valence-electron chi connectivity index (χ4n) is 3.15. The van der Waals surface area contributed by atoms with Gasteiger partial charge in [-0.25, -0.2) is 15.0 Å². The Labute approximate surface area is 191 Å². The van der Waals surface area contributed by atoms with Gasteiger partial charge in [0.1, 0.15) is 24.2 Å². The van der Waals surface area contributed by atoms with Gasteiger partial charge in [-0.05, 0) is 56.3 Å². The van der Waals surface area contributed by atoms with Gasteiger partial charge < -0.3 is 19.5 Å². The highest BCUT2D eigenvalue weighted by atomic mass is 16.5. The van der Waals surface area contributed by atoms with Gasteiger partial charge in [0.2, 0.25) is 5.88 Å². The van der Waals surface area contributed by atoms with Gasteiger partial charge in [0.05, 0.1) is 19.9 Å². The number of methoxy groups -OCH3 is 2. The molecule has 4 rings (SSSR count). The Morgan fingerprint density at radius 2 is 1.67 bits per heavy atom. The molecule has 0 saturated heterocycles. The number of aryl methyl sites for hydroxylation is 1. The maximum atomic E-state index is 12.6. The molecule has 33 heavy (non-hydrogen) atoms. The Hall–Kier alpha value is -4.40. The number of hydrogen-bond donors (Lipinski definition) is 1. The van der Waals surface area contributed by atoms with Crippen LogP contribution in [-0.4, -0.2) is 39.6 Å². The summed E-state index contributed by atoms with van der Waals surface area (Å²) in [6.45, 7) is 3.91. The van der Waals surface area contributed by atoms with Crippen LogP contribution in [0.15, 0.2) is 61.2 Å². The molecule has 2 heterocycles. The van der Waals surface area contributed by atoms with E-state index in [1.807, 2.05) is 18.4 Å². The zero-order valence-electron chi connectivity index (χ0n) is 18.7. The van der Waals surface area contributed by atoms with E-state index in [1.54, 1.807) is 62.0 Å². The van der Waals surface area contributed by atoms with Crippen molar-refractivity contribution in [3.05, 3.63) is 78.1 Å². The van der Waals surface area contributed by atoms with Gasteiger partial charge in [0, 0.05) is 23.0 Å². The predicted molar refractivity (Wildman–Crippen MR) is 123 cm³/mol. The van der Waals surface area contributed by atoms with Crippen LogP contribution in [0.2, 0.25) is 0 Å². The highest BCUT2D eigenvalue weighted by Crippen LogP contribution is 2.28. The zero-order valence-corrected chi connectivity index (χ0v) is 18.7. The topological polar surface area (TPSA) is 100 Å². The van der Waals surface area contributed by atoms with Crippen molar-refractivity contribution in [3.8, 4) is 28.9 Å². The normalized spacial score (nSPS) is 10.5. The molecular formula is C24H23N5O4. The quantitative estimate of drug-likeness (QED) is 0.452. The van der Waals surface area contributed by atoms with Crippen LogP contribution in [0, 0.1) is 13.8 Å². The first-order valence-corrected chi connectivity index (χ1v) is 10.1. The van der Waals surface area contributed by atoms with Gasteiger partial charge in [-0.3, -0.25) is 9.36 Å². The summed E-state index contributed by atoms with van der Waals surface area (Å²) in [5, 5.41) is 2.85. The lowest BCUT2D eigenvalue weighted by molar-refractivity contribution is 0.102. The molecule has 168 valence electrons. The summed E-state index contributed by atoms with van der Waals surface area (Å²) >= 11 is 0. The molecule has 2 aromatic heterocycles. The highest BCUT2D eigenvalue weighted by molar-refractivity contribution is 6.04. The Morgan fingerprint density at radius 1 is 0.909 bits per heavy atom. The lowest BCUT2D eigenvalue weighted by atomic mass is 10.2. The van der Waals surface area contributed by atoms with Crippen LogP contribution >= 0.6 is 0 Å². The minimum Gasteiger partial charge on any atom is -0.493 e. The Kier molecular flexibility index (Phi) is 6.21. The van der Waals surface area contributed by atoms with E-state index >= 15 is 0 Å². The standard InChI is InChI=1S/C24H23N5O4/c1-15-16(2)29(14-27-15)22-12-23(26-13-25-22)33-19-8-6-18(7-9-19)28-24(30)17-5-10-20(31-3)21(11-17)32-4/h5-14H,1-4H3,(H,28,30). The molecule has 0 spiro atoms. The average molecular weight is 445 g/mol. The highest BCUT2D eigenvalue weighted by Gasteiger charge is 2.12. The van der Waals surface area contributed by atoms with Gasteiger partial charge >= 0.3 is 0 Å². The number of carbonyl (C=O) groups is 1. The van der Waals surface area contributed by atoms with Crippen LogP contribution in [0.5, 0.6) is 23.1 Å². The number of nitrogens with zero attached hydrogens (tertiary/aromatic N) is 4. The van der Waals surface area contributed by atoms with Crippen molar-refractivity contribution >= 4 is 11.6 Å². The molecule has 2 aromatic carbocycles. The number of nitrogens with one attached hydrogen (secondary N) is 1. The van der Waals surface area contributed by atoms with E-state index in [0.717, 1.165) is 11.4 Å². The van der Waals surface area contributed by atoms with Gasteiger partial charge in [-0.1, -0.05) is 0 Å². The van der Waals surface area contributed by atoms with E-state index in [2.05, 4.69) is 20.3 Å². The van der Waals surface area contributed by atoms with Gasteiger partial charge in [-0.2, -0.15) is 0 Å². The fraction of sp³-hybridized carbons (Fsp3) is 0.167. The first-order chi connectivity index (χ1) is 16.0. The van der Waals surface area contributed by atoms with Crippen LogP contribution in [0.1, 0.15) is 21.7 Å². The molecule has 0 saturated carbocycles. The molecule has 1 amide bonds. The Balaban J connectivity index is 1.44. The molecule has 9 nitrogen and oxygen atoms in total. The minimum atomic E-state index is -0.268. The third-order valence-electron chi connectivity index (χ3n) is 5.11. The fourth-order valence-corrected chi connectivity index (χ4v) is 3.15. The van der Waals surface area contributed by atoms with Gasteiger partial charge in [0.15, 0.2) is 11.5 Å². The molecular weight excluding hydrogens is 422 g/mol. The summed E-state index contributed by atoms with van der Waals surface area (Å²) in [6.07, 6.45) is 3.16. The SMILES string of the molecule is COc1ccc(C(=O)Nc2ccc(Oc3cc(-n4cnc(C)c4C)ncn3)cc2)cc1OC. The third kappa shape index (κ3) is 4.77. The molecule has 1 N–H and O–H groups in total. The van der Waals surface area contributed by atoms with Crippen molar-refractivity contribution in [1.82, 2.24) is 19.5 Å². The molecule has 0 radical (unpaired) electrons. The number of rotatable bonds is 7. The summed E-state index contributed by atoms with van der Waals surface area (Å²) in [6, 6.07) is 13.7. The van der Waals surface area contributed by atoms with E-state index in [1.165, 1.54) is 13.4 Å². The summed E-state index contributed by atoms with van der Waals surface area (Å²) in [5.74, 6) is 2.41. The van der Waals surface area contributed by atoms with Crippen LogP contribution in [-0.2, 0) is 0 Å². The lowest BCUT2D eigenvalue weighted by Crippen LogP contribution is -2.12. The third-order valence-corrected chi connectivity index (χ3v) is 5.11. The summed E-state index contributed by atoms with van der Waals surface area (Å²) in [5.41, 5.74) is 3.00. The molecule has 0 unspecified atom stereocenters. The summed E-state index contributed by atoms with van der Waals surface area (Å²) in [4.78, 5) is 25.4. The van der Waals surface area contributed by atoms with Crippen molar-refractivity contribution in [3.63, 3.8) is 0 Å². The van der Waals surface area contributed by atoms with Crippen molar-refractivity contribution in [2.45, 2.75) is 13.8 Å². The largest absolute Gasteiger partial charge is 0.493 e. The number of aromatic nitrogens is 4. The number of benzene rings is 2. The van der Waals surface area contributed by atoms with E-state index < -0.39 is 0 Å². The van der Waals surface area contributed by atoms with Crippen molar-refractivity contribution in [1.29, 1.82) is 0 Å². The second-order valence-electron chi connectivity index (χ2n) is 7.15. The number of carbonyl (C=O) groups excluding carboxylic acids is 1. The lowest BCUT2D eigenvalue weighted by Gasteiger charge is -2.11. The van der Waals surface area contributed by atoms with Crippen LogP contribution < -0.4 is 19.5 Å². The van der Waals surface area contributed by atoms with Gasteiger partial charge in [-0.15, -0.1) is 0 Å². The first-order valence-electron chi connectivity index (χ1n) is 10.1. The molecule has 0 aliphatic carbocycles. The minimum absolute atomic E-state index is 0.268.